The van der Waals surface area contributed by atoms with E-state index in [1.165, 1.54) is 11.7 Å². The molecule has 130 valence electrons. The molecule has 0 heterocycles. The van der Waals surface area contributed by atoms with Gasteiger partial charge in [-0.25, -0.2) is 10.9 Å². The van der Waals surface area contributed by atoms with Crippen molar-refractivity contribution in [3.05, 3.63) is 29.8 Å². The number of hydroxylamine groups is 1. The molecule has 5 N–H and O–H groups in total. The molecule has 9 nitrogen and oxygen atoms in total. The van der Waals surface area contributed by atoms with Crippen LogP contribution in [0.1, 0.15) is 31.2 Å². The topological polar surface area (TPSA) is 143 Å². The second-order valence-corrected chi connectivity index (χ2v) is 4.86. The van der Waals surface area contributed by atoms with Crippen molar-refractivity contribution in [1.82, 2.24) is 10.9 Å². The summed E-state index contributed by atoms with van der Waals surface area (Å²) in [4.78, 5) is 32.9. The first-order valence-electron chi connectivity index (χ1n) is 7.27. The van der Waals surface area contributed by atoms with Gasteiger partial charge >= 0.3 is 0 Å². The van der Waals surface area contributed by atoms with Gasteiger partial charge in [0.15, 0.2) is 6.61 Å². The molecule has 0 unspecified atom stereocenters. The summed E-state index contributed by atoms with van der Waals surface area (Å²) in [7, 11) is 0. The lowest BCUT2D eigenvalue weighted by atomic mass is 10.2. The van der Waals surface area contributed by atoms with Crippen LogP contribution in [0.2, 0.25) is 0 Å². The van der Waals surface area contributed by atoms with Gasteiger partial charge in [0.1, 0.15) is 5.75 Å². The third-order valence-corrected chi connectivity index (χ3v) is 2.85. The first-order valence-corrected chi connectivity index (χ1v) is 7.27. The van der Waals surface area contributed by atoms with E-state index < -0.39 is 11.8 Å². The Bertz CT molecular complexity index is 586. The Morgan fingerprint density at radius 3 is 2.33 bits per heavy atom. The highest BCUT2D eigenvalue weighted by Crippen LogP contribution is 2.10. The maximum Gasteiger partial charge on any atom is 0.255 e. The van der Waals surface area contributed by atoms with Gasteiger partial charge in [0, 0.05) is 12.8 Å². The van der Waals surface area contributed by atoms with Crippen molar-refractivity contribution in [3.8, 4) is 5.75 Å². The summed E-state index contributed by atoms with van der Waals surface area (Å²) >= 11 is 0. The van der Waals surface area contributed by atoms with Crippen LogP contribution < -0.4 is 21.4 Å². The fourth-order valence-corrected chi connectivity index (χ4v) is 1.67. The third-order valence-electron chi connectivity index (χ3n) is 2.85. The molecule has 1 rings (SSSR count). The molecule has 0 saturated heterocycles. The van der Waals surface area contributed by atoms with Gasteiger partial charge in [-0.05, 0) is 42.7 Å². The summed E-state index contributed by atoms with van der Waals surface area (Å²) in [6, 6.07) is 6.72. The van der Waals surface area contributed by atoms with Crippen LogP contribution in [0.25, 0.3) is 0 Å². The number of nitrogens with one attached hydrogen (secondary N) is 2. The van der Waals surface area contributed by atoms with Crippen LogP contribution in [-0.4, -0.2) is 35.8 Å². The van der Waals surface area contributed by atoms with Crippen LogP contribution in [0, 0.1) is 0 Å². The zero-order valence-corrected chi connectivity index (χ0v) is 13.0. The Kier molecular flexibility index (Phi) is 8.54. The molecule has 0 radical (unpaired) electrons. The van der Waals surface area contributed by atoms with Gasteiger partial charge in [-0.3, -0.25) is 19.6 Å². The van der Waals surface area contributed by atoms with Gasteiger partial charge in [-0.1, -0.05) is 0 Å². The smallest absolute Gasteiger partial charge is 0.255 e. The average Bonchev–Trinajstić information content (AvgIpc) is 2.57. The van der Waals surface area contributed by atoms with Crippen LogP contribution >= 0.6 is 0 Å². The molecular formula is C15H20N4O5. The van der Waals surface area contributed by atoms with Gasteiger partial charge in [0.2, 0.25) is 11.8 Å². The fourth-order valence-electron chi connectivity index (χ4n) is 1.67. The van der Waals surface area contributed by atoms with Crippen LogP contribution in [0.4, 0.5) is 0 Å². The number of rotatable bonds is 10. The largest absolute Gasteiger partial charge is 0.484 e. The Hall–Kier alpha value is -2.94. The number of hydrazone groups is 1. The van der Waals surface area contributed by atoms with E-state index >= 15 is 0 Å². The molecule has 24 heavy (non-hydrogen) atoms. The maximum absolute atomic E-state index is 11.5. The molecule has 0 saturated carbocycles. The molecule has 0 aliphatic rings. The Morgan fingerprint density at radius 1 is 1.12 bits per heavy atom. The predicted octanol–water partition coefficient (Wildman–Crippen LogP) is 0.0666. The zero-order valence-electron chi connectivity index (χ0n) is 13.0. The van der Waals surface area contributed by atoms with Crippen molar-refractivity contribution in [3.63, 3.8) is 0 Å². The van der Waals surface area contributed by atoms with E-state index in [1.807, 2.05) is 0 Å². The molecule has 0 fully saturated rings. The van der Waals surface area contributed by atoms with E-state index in [0.717, 1.165) is 5.56 Å². The lowest BCUT2D eigenvalue weighted by molar-refractivity contribution is -0.129. The fraction of sp³-hybridized carbons (Fsp3) is 0.333. The van der Waals surface area contributed by atoms with Crippen molar-refractivity contribution in [2.75, 3.05) is 6.61 Å². The Balaban J connectivity index is 2.27. The third kappa shape index (κ3) is 8.49. The quantitative estimate of drug-likeness (QED) is 0.207. The maximum atomic E-state index is 11.5. The highest BCUT2D eigenvalue weighted by molar-refractivity contribution is 5.82. The number of amides is 3. The normalized spacial score (nSPS) is 10.4. The molecule has 3 amide bonds. The lowest BCUT2D eigenvalue weighted by Gasteiger charge is -2.03. The monoisotopic (exact) mass is 336 g/mol. The number of carbonyl (C=O) groups is 3. The van der Waals surface area contributed by atoms with Crippen LogP contribution in [0.5, 0.6) is 5.75 Å². The number of nitrogens with zero attached hydrogens (tertiary/aromatic N) is 1. The van der Waals surface area contributed by atoms with Gasteiger partial charge < -0.3 is 10.5 Å². The van der Waals surface area contributed by atoms with Gasteiger partial charge in [0.25, 0.3) is 5.91 Å². The summed E-state index contributed by atoms with van der Waals surface area (Å²) in [5.41, 5.74) is 9.61. The number of nitrogens with two attached hydrogens (primary N) is 1. The molecule has 0 atom stereocenters. The summed E-state index contributed by atoms with van der Waals surface area (Å²) < 4.78 is 5.11. The van der Waals surface area contributed by atoms with Crippen LogP contribution in [-0.2, 0) is 14.4 Å². The number of primary amides is 1. The molecule has 0 aliphatic carbocycles. The van der Waals surface area contributed by atoms with E-state index in [-0.39, 0.29) is 25.4 Å². The van der Waals surface area contributed by atoms with E-state index in [0.29, 0.717) is 18.6 Å². The van der Waals surface area contributed by atoms with Crippen molar-refractivity contribution in [1.29, 1.82) is 0 Å². The summed E-state index contributed by atoms with van der Waals surface area (Å²) in [6.07, 6.45) is 2.87. The van der Waals surface area contributed by atoms with E-state index in [9.17, 15) is 14.4 Å². The van der Waals surface area contributed by atoms with Gasteiger partial charge in [-0.15, -0.1) is 0 Å². The van der Waals surface area contributed by atoms with Crippen molar-refractivity contribution < 1.29 is 24.3 Å². The van der Waals surface area contributed by atoms with Crippen molar-refractivity contribution in [2.45, 2.75) is 25.7 Å². The SMILES string of the molecule is NC(=O)COc1ccc(/C=N/NC(=O)CCCCC(=O)NO)cc1. The number of benzene rings is 1. The summed E-state index contributed by atoms with van der Waals surface area (Å²) in [5, 5.41) is 12.1. The van der Waals surface area contributed by atoms with Crippen LogP contribution in [0.3, 0.4) is 0 Å². The van der Waals surface area contributed by atoms with Crippen LogP contribution in [0.15, 0.2) is 29.4 Å². The average molecular weight is 336 g/mol. The molecule has 1 aromatic rings. The minimum absolute atomic E-state index is 0.164. The first kappa shape index (κ1) is 19.1. The van der Waals surface area contributed by atoms with Crippen molar-refractivity contribution >= 4 is 23.9 Å². The molecule has 0 spiro atoms. The minimum atomic E-state index is -0.555. The van der Waals surface area contributed by atoms with Gasteiger partial charge in [0.05, 0.1) is 6.21 Å². The summed E-state index contributed by atoms with van der Waals surface area (Å²) in [6.45, 7) is -0.191. The number of hydrogen-bond acceptors (Lipinski definition) is 6. The number of hydrogen-bond donors (Lipinski definition) is 4. The van der Waals surface area contributed by atoms with Crippen molar-refractivity contribution in [2.24, 2.45) is 10.8 Å². The molecule has 0 aliphatic heterocycles. The second-order valence-electron chi connectivity index (χ2n) is 4.86. The molecular weight excluding hydrogens is 316 g/mol. The van der Waals surface area contributed by atoms with E-state index in [2.05, 4.69) is 10.5 Å². The van der Waals surface area contributed by atoms with E-state index in [4.69, 9.17) is 15.7 Å². The van der Waals surface area contributed by atoms with Gasteiger partial charge in [-0.2, -0.15) is 5.10 Å². The second kappa shape index (κ2) is 10.7. The zero-order chi connectivity index (χ0) is 17.8. The van der Waals surface area contributed by atoms with E-state index in [1.54, 1.807) is 24.3 Å². The highest BCUT2D eigenvalue weighted by atomic mass is 16.5. The molecule has 1 aromatic carbocycles. The standard InChI is InChI=1S/C15H20N4O5/c16-13(20)10-24-12-7-5-11(6-8-12)9-17-18-14(21)3-1-2-4-15(22)19-23/h5-9,23H,1-4,10H2,(H2,16,20)(H,18,21)(H,19,22)/b17-9+. The molecule has 0 aromatic heterocycles. The highest BCUT2D eigenvalue weighted by Gasteiger charge is 2.02. The number of carbonyl (C=O) groups excluding carboxylic acids is 3. The molecule has 0 bridgehead atoms. The Labute approximate surface area is 138 Å². The first-order chi connectivity index (χ1) is 11.5. The lowest BCUT2D eigenvalue weighted by Crippen LogP contribution is -2.20. The summed E-state index contributed by atoms with van der Waals surface area (Å²) in [5.74, 6) is -0.795. The predicted molar refractivity (Wildman–Crippen MR) is 85.3 cm³/mol. The minimum Gasteiger partial charge on any atom is -0.484 e. The number of ether oxygens (including phenoxy) is 1. The molecule has 9 heteroatoms. The Morgan fingerprint density at radius 2 is 1.75 bits per heavy atom. The number of unbranched alkanes of at least 4 members (excludes halogenated alkanes) is 1.